The predicted molar refractivity (Wildman–Crippen MR) is 113 cm³/mol. The minimum atomic E-state index is 0.307. The summed E-state index contributed by atoms with van der Waals surface area (Å²) in [7, 11) is 2.26. The Hall–Kier alpha value is -2.03. The summed E-state index contributed by atoms with van der Waals surface area (Å²) >= 11 is 0. The van der Waals surface area contributed by atoms with Crippen molar-refractivity contribution in [2.45, 2.75) is 63.3 Å². The van der Waals surface area contributed by atoms with Gasteiger partial charge in [0, 0.05) is 12.0 Å². The second-order valence-corrected chi connectivity index (χ2v) is 8.26. The van der Waals surface area contributed by atoms with Crippen LogP contribution < -0.4 is 16.2 Å². The van der Waals surface area contributed by atoms with E-state index in [1.54, 1.807) is 0 Å². The highest BCUT2D eigenvalue weighted by molar-refractivity contribution is 6.67. The first-order valence-electron chi connectivity index (χ1n) is 10.6. The van der Waals surface area contributed by atoms with Gasteiger partial charge in [-0.3, -0.25) is 4.79 Å². The molecule has 0 unspecified atom stereocenters. The molecule has 2 aromatic rings. The third-order valence-electron chi connectivity index (χ3n) is 6.02. The Bertz CT molecular complexity index is 746. The van der Waals surface area contributed by atoms with Gasteiger partial charge in [-0.2, -0.15) is 0 Å². The molecule has 2 aromatic carbocycles. The molecule has 2 aliphatic carbocycles. The van der Waals surface area contributed by atoms with Gasteiger partial charge in [0.1, 0.15) is 0 Å². The Kier molecular flexibility index (Phi) is 5.96. The topological polar surface area (TPSA) is 29.1 Å². The molecule has 3 heteroatoms. The van der Waals surface area contributed by atoms with Gasteiger partial charge in [0.2, 0.25) is 5.91 Å². The molecule has 0 saturated heterocycles. The quantitative estimate of drug-likeness (QED) is 0.812. The lowest BCUT2D eigenvalue weighted by Crippen LogP contribution is -2.36. The van der Waals surface area contributed by atoms with Crippen LogP contribution >= 0.6 is 0 Å². The predicted octanol–water partition coefficient (Wildman–Crippen LogP) is 3.67. The van der Waals surface area contributed by atoms with E-state index in [1.807, 2.05) is 0 Å². The lowest BCUT2D eigenvalue weighted by atomic mass is 9.63. The van der Waals surface area contributed by atoms with Gasteiger partial charge < -0.3 is 5.32 Å². The number of carbonyl (C=O) groups excluding carboxylic acids is 1. The van der Waals surface area contributed by atoms with Crippen molar-refractivity contribution in [2.24, 2.45) is 5.92 Å². The molecule has 139 valence electrons. The maximum Gasteiger partial charge on any atom is 0.223 e. The number of carbonyl (C=O) groups is 1. The Morgan fingerprint density at radius 2 is 1.52 bits per heavy atom. The van der Waals surface area contributed by atoms with E-state index in [0.717, 1.165) is 25.7 Å². The van der Waals surface area contributed by atoms with E-state index in [9.17, 15) is 4.79 Å². The largest absolute Gasteiger partial charge is 0.353 e. The SMILES string of the molecule is O=C(NC1CCCC(c2cccc([B]c3ccccc3)c2)CCC1)C1CC1. The van der Waals surface area contributed by atoms with Crippen LogP contribution in [0.5, 0.6) is 0 Å². The van der Waals surface area contributed by atoms with Gasteiger partial charge >= 0.3 is 0 Å². The first kappa shape index (κ1) is 18.3. The van der Waals surface area contributed by atoms with Gasteiger partial charge in [0.25, 0.3) is 0 Å². The highest BCUT2D eigenvalue weighted by Gasteiger charge is 2.31. The Morgan fingerprint density at radius 1 is 0.815 bits per heavy atom. The summed E-state index contributed by atoms with van der Waals surface area (Å²) < 4.78 is 0. The molecule has 0 atom stereocenters. The maximum absolute atomic E-state index is 12.0. The minimum Gasteiger partial charge on any atom is -0.353 e. The third kappa shape index (κ3) is 5.25. The number of hydrogen-bond acceptors (Lipinski definition) is 1. The number of hydrogen-bond donors (Lipinski definition) is 1. The smallest absolute Gasteiger partial charge is 0.223 e. The van der Waals surface area contributed by atoms with E-state index in [1.165, 1.54) is 42.2 Å². The second-order valence-electron chi connectivity index (χ2n) is 8.26. The fourth-order valence-electron chi connectivity index (χ4n) is 4.30. The summed E-state index contributed by atoms with van der Waals surface area (Å²) in [5.41, 5.74) is 4.01. The minimum absolute atomic E-state index is 0.307. The van der Waals surface area contributed by atoms with Crippen molar-refractivity contribution < 1.29 is 4.79 Å². The summed E-state index contributed by atoms with van der Waals surface area (Å²) in [4.78, 5) is 12.0. The number of rotatable bonds is 5. The van der Waals surface area contributed by atoms with E-state index in [-0.39, 0.29) is 0 Å². The molecule has 2 saturated carbocycles. The molecule has 27 heavy (non-hydrogen) atoms. The molecule has 1 amide bonds. The van der Waals surface area contributed by atoms with Gasteiger partial charge in [-0.25, -0.2) is 0 Å². The van der Waals surface area contributed by atoms with Gasteiger partial charge in [-0.05, 0) is 50.0 Å². The van der Waals surface area contributed by atoms with E-state index >= 15 is 0 Å². The van der Waals surface area contributed by atoms with Crippen LogP contribution in [-0.2, 0) is 4.79 Å². The molecule has 0 heterocycles. The van der Waals surface area contributed by atoms with Crippen LogP contribution in [0.4, 0.5) is 0 Å². The van der Waals surface area contributed by atoms with Gasteiger partial charge in [-0.15, -0.1) is 0 Å². The van der Waals surface area contributed by atoms with Crippen LogP contribution in [0.1, 0.15) is 62.8 Å². The van der Waals surface area contributed by atoms with Crippen molar-refractivity contribution in [1.29, 1.82) is 0 Å². The van der Waals surface area contributed by atoms with E-state index in [2.05, 4.69) is 67.2 Å². The van der Waals surface area contributed by atoms with Crippen molar-refractivity contribution in [2.75, 3.05) is 0 Å². The van der Waals surface area contributed by atoms with E-state index in [4.69, 9.17) is 0 Å². The Morgan fingerprint density at radius 3 is 2.22 bits per heavy atom. The molecule has 2 aliphatic rings. The molecular weight excluding hydrogens is 329 g/mol. The normalized spacial score (nSPS) is 23.1. The summed E-state index contributed by atoms with van der Waals surface area (Å²) in [6, 6.07) is 20.0. The summed E-state index contributed by atoms with van der Waals surface area (Å²) in [5.74, 6) is 1.28. The van der Waals surface area contributed by atoms with Gasteiger partial charge in [0.15, 0.2) is 7.28 Å². The van der Waals surface area contributed by atoms with Crippen LogP contribution in [0.2, 0.25) is 0 Å². The summed E-state index contributed by atoms with van der Waals surface area (Å²) in [5, 5.41) is 3.30. The monoisotopic (exact) mass is 358 g/mol. The average Bonchev–Trinajstić information content (AvgIpc) is 3.50. The van der Waals surface area contributed by atoms with Crippen LogP contribution in [0.3, 0.4) is 0 Å². The van der Waals surface area contributed by atoms with Crippen molar-refractivity contribution >= 4 is 24.1 Å². The standard InChI is InChI=1S/C24H29BNO/c27-24(19-15-16-19)26-23-13-5-7-18(8-6-14-23)20-9-4-12-22(17-20)25-21-10-2-1-3-11-21/h1-4,9-12,17-19,23H,5-8,13-16H2,(H,26,27). The van der Waals surface area contributed by atoms with E-state index in [0.29, 0.717) is 23.8 Å². The Labute approximate surface area is 164 Å². The molecule has 0 bridgehead atoms. The molecule has 0 aromatic heterocycles. The number of benzene rings is 2. The lowest BCUT2D eigenvalue weighted by molar-refractivity contribution is -0.123. The molecule has 0 spiro atoms. The molecule has 1 N–H and O–H groups in total. The zero-order valence-electron chi connectivity index (χ0n) is 16.1. The van der Waals surface area contributed by atoms with Crippen molar-refractivity contribution in [1.82, 2.24) is 5.32 Å². The fourth-order valence-corrected chi connectivity index (χ4v) is 4.30. The van der Waals surface area contributed by atoms with Crippen LogP contribution in [0.15, 0.2) is 54.6 Å². The van der Waals surface area contributed by atoms with Crippen LogP contribution in [0.25, 0.3) is 0 Å². The molecular formula is C24H29BNO. The van der Waals surface area contributed by atoms with Crippen LogP contribution in [0, 0.1) is 5.92 Å². The van der Waals surface area contributed by atoms with Crippen molar-refractivity contribution in [3.05, 3.63) is 60.2 Å². The zero-order chi connectivity index (χ0) is 18.5. The van der Waals surface area contributed by atoms with Gasteiger partial charge in [-0.1, -0.05) is 78.4 Å². The zero-order valence-corrected chi connectivity index (χ0v) is 16.1. The highest BCUT2D eigenvalue weighted by atomic mass is 16.2. The highest BCUT2D eigenvalue weighted by Crippen LogP contribution is 2.32. The summed E-state index contributed by atoms with van der Waals surface area (Å²) in [6.45, 7) is 0. The number of nitrogens with one attached hydrogen (secondary N) is 1. The number of amides is 1. The molecule has 2 nitrogen and oxygen atoms in total. The molecule has 0 aliphatic heterocycles. The van der Waals surface area contributed by atoms with Crippen LogP contribution in [-0.4, -0.2) is 19.2 Å². The maximum atomic E-state index is 12.0. The molecule has 4 rings (SSSR count). The first-order chi connectivity index (χ1) is 13.3. The second kappa shape index (κ2) is 8.78. The van der Waals surface area contributed by atoms with Crippen molar-refractivity contribution in [3.63, 3.8) is 0 Å². The third-order valence-corrected chi connectivity index (χ3v) is 6.02. The molecule has 2 fully saturated rings. The van der Waals surface area contributed by atoms with Crippen molar-refractivity contribution in [3.8, 4) is 0 Å². The Balaban J connectivity index is 1.33. The summed E-state index contributed by atoms with van der Waals surface area (Å²) in [6.07, 6.45) is 9.30. The first-order valence-corrected chi connectivity index (χ1v) is 10.6. The molecule has 1 radical (unpaired) electrons. The average molecular weight is 358 g/mol. The van der Waals surface area contributed by atoms with Gasteiger partial charge in [0.05, 0.1) is 0 Å². The van der Waals surface area contributed by atoms with E-state index < -0.39 is 0 Å². The lowest BCUT2D eigenvalue weighted by Gasteiger charge is -2.26. The fraction of sp³-hybridized carbons (Fsp3) is 0.458.